The molecule has 0 spiro atoms. The van der Waals surface area contributed by atoms with Gasteiger partial charge in [-0.05, 0) is 72.9 Å². The zero-order valence-corrected chi connectivity index (χ0v) is 26.3. The molecule has 0 aliphatic rings. The van der Waals surface area contributed by atoms with Crippen LogP contribution in [-0.2, 0) is 13.0 Å². The van der Waals surface area contributed by atoms with Gasteiger partial charge in [-0.25, -0.2) is 13.8 Å². The van der Waals surface area contributed by atoms with Crippen molar-refractivity contribution in [3.8, 4) is 17.2 Å². The monoisotopic (exact) mass is 634 g/mol. The summed E-state index contributed by atoms with van der Waals surface area (Å²) in [6.07, 6.45) is 3.19. The zero-order chi connectivity index (χ0) is 33.1. The number of aromatic nitrogens is 1. The molecular weight excluding hydrogens is 594 g/mol. The van der Waals surface area contributed by atoms with Crippen molar-refractivity contribution in [2.24, 2.45) is 0 Å². The van der Waals surface area contributed by atoms with Gasteiger partial charge in [-0.3, -0.25) is 9.59 Å². The van der Waals surface area contributed by atoms with Crippen molar-refractivity contribution >= 4 is 11.8 Å². The van der Waals surface area contributed by atoms with Gasteiger partial charge < -0.3 is 29.8 Å². The van der Waals surface area contributed by atoms with Gasteiger partial charge in [0.2, 0.25) is 5.89 Å². The van der Waals surface area contributed by atoms with Crippen molar-refractivity contribution < 1.29 is 32.6 Å². The van der Waals surface area contributed by atoms with Crippen molar-refractivity contribution in [1.82, 2.24) is 20.5 Å². The minimum absolute atomic E-state index is 0.0586. The van der Waals surface area contributed by atoms with Crippen LogP contribution >= 0.6 is 0 Å². The van der Waals surface area contributed by atoms with E-state index >= 15 is 0 Å². The molecule has 244 valence electrons. The molecule has 9 nitrogen and oxygen atoms in total. The predicted molar refractivity (Wildman–Crippen MR) is 170 cm³/mol. The molecule has 3 aromatic carbocycles. The highest BCUT2D eigenvalue weighted by Crippen LogP contribution is 2.23. The minimum Gasteiger partial charge on any atom is -0.497 e. The second-order valence-electron chi connectivity index (χ2n) is 11.0. The standard InChI is InChI=1S/C35H40F2N4O5/c1-4-10-41(11-5-2)35(44)27-18-25(17-26(19-27)34-39-9-12-46-34)33(43)40-31(16-24-13-28(36)20-29(37)14-24)32(42)22-38-21-23-7-6-8-30(15-23)45-3/h6-9,12-15,17-20,31-32,38,42H,4-5,10-11,16,21-22H2,1-3H3,(H,40,43)/t31-,32+/m0/s1. The molecule has 2 atom stereocenters. The van der Waals surface area contributed by atoms with Gasteiger partial charge in [-0.15, -0.1) is 0 Å². The fourth-order valence-electron chi connectivity index (χ4n) is 5.22. The number of carbonyl (C=O) groups is 2. The van der Waals surface area contributed by atoms with Crippen LogP contribution in [0.5, 0.6) is 5.75 Å². The SMILES string of the molecule is CCCN(CCC)C(=O)c1cc(C(=O)N[C@@H](Cc2cc(F)cc(F)c2)[C@H](O)CNCc2cccc(OC)c2)cc(-c2ncco2)c1. The van der Waals surface area contributed by atoms with Crippen LogP contribution in [0, 0.1) is 11.6 Å². The van der Waals surface area contributed by atoms with Crippen molar-refractivity contribution in [2.45, 2.75) is 51.8 Å². The number of methoxy groups -OCH3 is 1. The van der Waals surface area contributed by atoms with Crippen LogP contribution in [0.1, 0.15) is 58.5 Å². The second kappa shape index (κ2) is 16.6. The Bertz CT molecular complexity index is 1570. The molecule has 1 heterocycles. The summed E-state index contributed by atoms with van der Waals surface area (Å²) in [5.41, 5.74) is 2.03. The summed E-state index contributed by atoms with van der Waals surface area (Å²) in [5, 5.41) is 17.2. The molecular formula is C35H40F2N4O5. The number of hydrogen-bond acceptors (Lipinski definition) is 7. The number of hydrogen-bond donors (Lipinski definition) is 3. The summed E-state index contributed by atoms with van der Waals surface area (Å²) in [5.74, 6) is -1.44. The molecule has 4 rings (SSSR count). The number of aliphatic hydroxyl groups is 1. The molecule has 1 aromatic heterocycles. The Labute approximate surface area is 267 Å². The highest BCUT2D eigenvalue weighted by Gasteiger charge is 2.25. The van der Waals surface area contributed by atoms with Crippen molar-refractivity contribution in [1.29, 1.82) is 0 Å². The molecule has 0 radical (unpaired) electrons. The lowest BCUT2D eigenvalue weighted by Gasteiger charge is -2.25. The number of amides is 2. The third-order valence-corrected chi connectivity index (χ3v) is 7.37. The molecule has 0 saturated heterocycles. The third kappa shape index (κ3) is 9.45. The van der Waals surface area contributed by atoms with Crippen molar-refractivity contribution in [3.63, 3.8) is 0 Å². The molecule has 11 heteroatoms. The fourth-order valence-corrected chi connectivity index (χ4v) is 5.22. The third-order valence-electron chi connectivity index (χ3n) is 7.37. The fraction of sp³-hybridized carbons (Fsp3) is 0.343. The summed E-state index contributed by atoms with van der Waals surface area (Å²) in [4.78, 5) is 33.3. The van der Waals surface area contributed by atoms with Gasteiger partial charge >= 0.3 is 0 Å². The normalized spacial score (nSPS) is 12.4. The Kier molecular flexibility index (Phi) is 12.4. The topological polar surface area (TPSA) is 117 Å². The number of halogens is 2. The average molecular weight is 635 g/mol. The van der Waals surface area contributed by atoms with E-state index in [-0.39, 0.29) is 41.5 Å². The van der Waals surface area contributed by atoms with E-state index in [1.54, 1.807) is 24.1 Å². The van der Waals surface area contributed by atoms with Crippen molar-refractivity contribution in [3.05, 3.63) is 107 Å². The smallest absolute Gasteiger partial charge is 0.253 e. The van der Waals surface area contributed by atoms with Gasteiger partial charge in [0.1, 0.15) is 23.6 Å². The average Bonchev–Trinajstić information content (AvgIpc) is 3.59. The van der Waals surface area contributed by atoms with Gasteiger partial charge in [0.25, 0.3) is 11.8 Å². The summed E-state index contributed by atoms with van der Waals surface area (Å²) in [7, 11) is 1.57. The molecule has 3 N–H and O–H groups in total. The quantitative estimate of drug-likeness (QED) is 0.152. The summed E-state index contributed by atoms with van der Waals surface area (Å²) >= 11 is 0. The van der Waals surface area contributed by atoms with Gasteiger partial charge in [-0.1, -0.05) is 26.0 Å². The Hall–Kier alpha value is -4.61. The largest absolute Gasteiger partial charge is 0.497 e. The predicted octanol–water partition coefficient (Wildman–Crippen LogP) is 5.38. The number of carbonyl (C=O) groups excluding carboxylic acids is 2. The van der Waals surface area contributed by atoms with E-state index in [0.717, 1.165) is 36.6 Å². The Morgan fingerprint density at radius 3 is 2.35 bits per heavy atom. The van der Waals surface area contributed by atoms with Crippen LogP contribution in [0.2, 0.25) is 0 Å². The van der Waals surface area contributed by atoms with E-state index < -0.39 is 29.7 Å². The first-order chi connectivity index (χ1) is 22.2. The number of oxazole rings is 1. The molecule has 0 aliphatic heterocycles. The highest BCUT2D eigenvalue weighted by molar-refractivity contribution is 6.01. The molecule has 4 aromatic rings. The summed E-state index contributed by atoms with van der Waals surface area (Å²) in [6, 6.07) is 14.2. The Morgan fingerprint density at radius 2 is 1.70 bits per heavy atom. The maximum absolute atomic E-state index is 14.1. The summed E-state index contributed by atoms with van der Waals surface area (Å²) in [6.45, 7) is 5.54. The first-order valence-electron chi connectivity index (χ1n) is 15.3. The Balaban J connectivity index is 1.60. The second-order valence-corrected chi connectivity index (χ2v) is 11.0. The number of aliphatic hydroxyl groups excluding tert-OH is 1. The molecule has 0 saturated carbocycles. The van der Waals surface area contributed by atoms with E-state index in [1.165, 1.54) is 18.5 Å². The van der Waals surface area contributed by atoms with Crippen LogP contribution in [0.25, 0.3) is 11.5 Å². The maximum Gasteiger partial charge on any atom is 0.253 e. The molecule has 2 amide bonds. The van der Waals surface area contributed by atoms with E-state index in [4.69, 9.17) is 9.15 Å². The van der Waals surface area contributed by atoms with Crippen LogP contribution in [0.3, 0.4) is 0 Å². The van der Waals surface area contributed by atoms with E-state index in [2.05, 4.69) is 15.6 Å². The minimum atomic E-state index is -1.15. The van der Waals surface area contributed by atoms with Gasteiger partial charge in [0.05, 0.1) is 25.5 Å². The maximum atomic E-state index is 14.1. The van der Waals surface area contributed by atoms with Gasteiger partial charge in [-0.2, -0.15) is 0 Å². The van der Waals surface area contributed by atoms with Crippen LogP contribution in [-0.4, -0.2) is 65.7 Å². The molecule has 0 bridgehead atoms. The van der Waals surface area contributed by atoms with E-state index in [0.29, 0.717) is 30.9 Å². The molecule has 0 fully saturated rings. The lowest BCUT2D eigenvalue weighted by atomic mass is 9.99. The lowest BCUT2D eigenvalue weighted by molar-refractivity contribution is 0.0755. The number of benzene rings is 3. The zero-order valence-electron chi connectivity index (χ0n) is 26.3. The van der Waals surface area contributed by atoms with Crippen LogP contribution < -0.4 is 15.4 Å². The van der Waals surface area contributed by atoms with Gasteiger partial charge in [0, 0.05) is 48.9 Å². The highest BCUT2D eigenvalue weighted by atomic mass is 19.1. The molecule has 0 unspecified atom stereocenters. The van der Waals surface area contributed by atoms with Crippen molar-refractivity contribution in [2.75, 3.05) is 26.7 Å². The number of ether oxygens (including phenoxy) is 1. The molecule has 46 heavy (non-hydrogen) atoms. The summed E-state index contributed by atoms with van der Waals surface area (Å²) < 4.78 is 38.9. The molecule has 0 aliphatic carbocycles. The number of nitrogens with one attached hydrogen (secondary N) is 2. The van der Waals surface area contributed by atoms with E-state index in [9.17, 15) is 23.5 Å². The van der Waals surface area contributed by atoms with E-state index in [1.807, 2.05) is 38.1 Å². The van der Waals surface area contributed by atoms with Crippen LogP contribution in [0.4, 0.5) is 8.78 Å². The number of nitrogens with zero attached hydrogens (tertiary/aromatic N) is 2. The number of rotatable bonds is 16. The van der Waals surface area contributed by atoms with Crippen LogP contribution in [0.15, 0.2) is 77.5 Å². The Morgan fingerprint density at radius 1 is 0.978 bits per heavy atom. The first-order valence-corrected chi connectivity index (χ1v) is 15.3. The lowest BCUT2D eigenvalue weighted by Crippen LogP contribution is -2.48. The van der Waals surface area contributed by atoms with Gasteiger partial charge in [0.15, 0.2) is 0 Å². The first kappa shape index (κ1) is 34.3.